The third-order valence-electron chi connectivity index (χ3n) is 8.55. The molecule has 0 aliphatic carbocycles. The molecule has 0 spiro atoms. The Kier molecular flexibility index (Phi) is 7.04. The Balaban J connectivity index is 1.47. The van der Waals surface area contributed by atoms with Crippen molar-refractivity contribution < 1.29 is 0 Å². The van der Waals surface area contributed by atoms with E-state index in [4.69, 9.17) is 21.1 Å². The number of nitrogens with two attached hydrogens (primary N) is 1. The third-order valence-corrected chi connectivity index (χ3v) is 8.55. The van der Waals surface area contributed by atoms with Gasteiger partial charge in [-0.05, 0) is 38.4 Å². The lowest BCUT2D eigenvalue weighted by Crippen LogP contribution is -2.18. The number of amidine groups is 2. The minimum Gasteiger partial charge on any atom is -0.383 e. The number of benzene rings is 7. The van der Waals surface area contributed by atoms with Gasteiger partial charge in [0.15, 0.2) is 11.7 Å². The Morgan fingerprint density at radius 1 is 0.532 bits per heavy atom. The standard InChI is InChI=1S/C42H29N5/c43-40(29-17-5-2-6-18-29)47-41(44)38-34-23-11-9-21-31(34)32-22-10-12-24-35(32)39(38)42-45-36(28-15-3-1-4-16-28)26-37(46-42)33-25-13-19-27-14-7-8-20-30(27)33/h1-26H,(H3,43,44,47). The number of hydrogen-bond donors (Lipinski definition) is 2. The number of aliphatic imine (C=N–C) groups is 1. The zero-order valence-corrected chi connectivity index (χ0v) is 25.4. The van der Waals surface area contributed by atoms with Crippen molar-refractivity contribution in [3.05, 3.63) is 169 Å². The molecule has 0 amide bonds. The summed E-state index contributed by atoms with van der Waals surface area (Å²) in [6.45, 7) is 0. The van der Waals surface area contributed by atoms with Crippen LogP contribution in [0.25, 0.3) is 66.2 Å². The average Bonchev–Trinajstić information content (AvgIpc) is 3.14. The van der Waals surface area contributed by atoms with Crippen LogP contribution in [0.5, 0.6) is 0 Å². The van der Waals surface area contributed by atoms with E-state index in [9.17, 15) is 0 Å². The summed E-state index contributed by atoms with van der Waals surface area (Å²) in [6, 6.07) is 52.8. The molecule has 47 heavy (non-hydrogen) atoms. The maximum absolute atomic E-state index is 8.83. The summed E-state index contributed by atoms with van der Waals surface area (Å²) >= 11 is 0. The van der Waals surface area contributed by atoms with Crippen LogP contribution in [0.15, 0.2) is 163 Å². The smallest absolute Gasteiger partial charge is 0.161 e. The summed E-state index contributed by atoms with van der Waals surface area (Å²) in [4.78, 5) is 15.2. The number of nitrogens with zero attached hydrogens (tertiary/aromatic N) is 3. The summed E-state index contributed by atoms with van der Waals surface area (Å²) in [6.07, 6.45) is 0. The number of nitrogens with one attached hydrogen (secondary N) is 1. The van der Waals surface area contributed by atoms with Crippen LogP contribution in [0.1, 0.15) is 11.1 Å². The first-order valence-electron chi connectivity index (χ1n) is 15.5. The minimum absolute atomic E-state index is 0.0849. The van der Waals surface area contributed by atoms with Crippen molar-refractivity contribution in [1.82, 2.24) is 9.97 Å². The quantitative estimate of drug-likeness (QED) is 0.117. The molecule has 222 valence electrons. The van der Waals surface area contributed by atoms with Gasteiger partial charge >= 0.3 is 0 Å². The Morgan fingerprint density at radius 3 is 1.83 bits per heavy atom. The third kappa shape index (κ3) is 5.10. The Hall–Kier alpha value is -6.46. The highest BCUT2D eigenvalue weighted by Gasteiger charge is 2.22. The van der Waals surface area contributed by atoms with E-state index in [1.807, 2.05) is 72.8 Å². The van der Waals surface area contributed by atoms with Crippen molar-refractivity contribution in [2.24, 2.45) is 10.7 Å². The number of hydrogen-bond acceptors (Lipinski definition) is 3. The van der Waals surface area contributed by atoms with Crippen LogP contribution >= 0.6 is 0 Å². The summed E-state index contributed by atoms with van der Waals surface area (Å²) in [5, 5.41) is 15.1. The molecule has 8 aromatic rings. The summed E-state index contributed by atoms with van der Waals surface area (Å²) in [7, 11) is 0. The van der Waals surface area contributed by atoms with Gasteiger partial charge in [0, 0.05) is 27.8 Å². The van der Waals surface area contributed by atoms with Crippen LogP contribution in [0.2, 0.25) is 0 Å². The second-order valence-corrected chi connectivity index (χ2v) is 11.4. The topological polar surface area (TPSA) is 88.0 Å². The maximum Gasteiger partial charge on any atom is 0.161 e. The second-order valence-electron chi connectivity index (χ2n) is 11.4. The fourth-order valence-corrected chi connectivity index (χ4v) is 6.38. The SMILES string of the molecule is N=C(/N=C(\N)c1c(-c2nc(-c3ccccc3)cc(-c3cccc4ccccc34)n2)c2ccccc2c2ccccc12)c1ccccc1. The van der Waals surface area contributed by atoms with E-state index in [-0.39, 0.29) is 11.7 Å². The molecule has 3 N–H and O–H groups in total. The van der Waals surface area contributed by atoms with Gasteiger partial charge in [0.25, 0.3) is 0 Å². The van der Waals surface area contributed by atoms with Gasteiger partial charge in [-0.15, -0.1) is 0 Å². The van der Waals surface area contributed by atoms with E-state index in [1.165, 1.54) is 0 Å². The first-order chi connectivity index (χ1) is 23.2. The fraction of sp³-hybridized carbons (Fsp3) is 0. The average molecular weight is 604 g/mol. The second kappa shape index (κ2) is 11.8. The van der Waals surface area contributed by atoms with Gasteiger partial charge in [-0.3, -0.25) is 5.41 Å². The molecule has 0 aliphatic rings. The molecule has 0 unspecified atom stereocenters. The summed E-state index contributed by atoms with van der Waals surface area (Å²) in [5.41, 5.74) is 12.7. The predicted octanol–water partition coefficient (Wildman–Crippen LogP) is 9.67. The van der Waals surface area contributed by atoms with Gasteiger partial charge in [-0.1, -0.05) is 152 Å². The largest absolute Gasteiger partial charge is 0.383 e. The van der Waals surface area contributed by atoms with Crippen molar-refractivity contribution in [2.45, 2.75) is 0 Å². The Bertz CT molecular complexity index is 2480. The van der Waals surface area contributed by atoms with E-state index >= 15 is 0 Å². The van der Waals surface area contributed by atoms with Crippen molar-refractivity contribution in [1.29, 1.82) is 5.41 Å². The molecule has 1 aromatic heterocycles. The number of rotatable bonds is 5. The van der Waals surface area contributed by atoms with E-state index in [0.29, 0.717) is 17.0 Å². The predicted molar refractivity (Wildman–Crippen MR) is 195 cm³/mol. The highest BCUT2D eigenvalue weighted by atomic mass is 14.9. The molecule has 0 saturated carbocycles. The van der Waals surface area contributed by atoms with Crippen molar-refractivity contribution in [3.63, 3.8) is 0 Å². The van der Waals surface area contributed by atoms with Gasteiger partial charge in [0.2, 0.25) is 0 Å². The monoisotopic (exact) mass is 603 g/mol. The highest BCUT2D eigenvalue weighted by Crippen LogP contribution is 2.40. The first-order valence-corrected chi connectivity index (χ1v) is 15.5. The summed E-state index contributed by atoms with van der Waals surface area (Å²) < 4.78 is 0. The van der Waals surface area contributed by atoms with E-state index in [0.717, 1.165) is 60.4 Å². The van der Waals surface area contributed by atoms with Crippen LogP contribution in [-0.4, -0.2) is 21.6 Å². The van der Waals surface area contributed by atoms with E-state index in [1.54, 1.807) is 0 Å². The van der Waals surface area contributed by atoms with Crippen LogP contribution < -0.4 is 5.73 Å². The Morgan fingerprint density at radius 2 is 1.09 bits per heavy atom. The van der Waals surface area contributed by atoms with Crippen molar-refractivity contribution in [3.8, 4) is 33.9 Å². The molecule has 5 nitrogen and oxygen atoms in total. The van der Waals surface area contributed by atoms with Crippen LogP contribution in [0, 0.1) is 5.41 Å². The first kappa shape index (κ1) is 28.0. The molecular formula is C42H29N5. The molecular weight excluding hydrogens is 574 g/mol. The van der Waals surface area contributed by atoms with Gasteiger partial charge in [0.05, 0.1) is 11.4 Å². The maximum atomic E-state index is 8.83. The van der Waals surface area contributed by atoms with Crippen LogP contribution in [-0.2, 0) is 0 Å². The van der Waals surface area contributed by atoms with Gasteiger partial charge in [-0.25, -0.2) is 15.0 Å². The minimum atomic E-state index is 0.0849. The van der Waals surface area contributed by atoms with E-state index in [2.05, 4.69) is 89.9 Å². The summed E-state index contributed by atoms with van der Waals surface area (Å²) in [5.74, 6) is 0.855. The van der Waals surface area contributed by atoms with Crippen LogP contribution in [0.3, 0.4) is 0 Å². The van der Waals surface area contributed by atoms with Gasteiger partial charge in [-0.2, -0.15) is 0 Å². The molecule has 0 fully saturated rings. The molecule has 5 heteroatoms. The molecule has 0 bridgehead atoms. The normalized spacial score (nSPS) is 11.7. The molecule has 1 heterocycles. The van der Waals surface area contributed by atoms with E-state index < -0.39 is 0 Å². The van der Waals surface area contributed by atoms with Crippen molar-refractivity contribution in [2.75, 3.05) is 0 Å². The Labute approximate surface area is 272 Å². The molecule has 7 aromatic carbocycles. The van der Waals surface area contributed by atoms with Gasteiger partial charge in [0.1, 0.15) is 5.84 Å². The van der Waals surface area contributed by atoms with Crippen molar-refractivity contribution >= 4 is 44.0 Å². The highest BCUT2D eigenvalue weighted by molar-refractivity contribution is 6.26. The lowest BCUT2D eigenvalue weighted by molar-refractivity contribution is 1.19. The zero-order valence-electron chi connectivity index (χ0n) is 25.4. The zero-order chi connectivity index (χ0) is 31.7. The lowest BCUT2D eigenvalue weighted by Gasteiger charge is -2.18. The lowest BCUT2D eigenvalue weighted by atomic mass is 9.90. The van der Waals surface area contributed by atoms with Crippen LogP contribution in [0.4, 0.5) is 0 Å². The van der Waals surface area contributed by atoms with Gasteiger partial charge < -0.3 is 5.73 Å². The number of fused-ring (bicyclic) bond motifs is 4. The fourth-order valence-electron chi connectivity index (χ4n) is 6.38. The molecule has 0 saturated heterocycles. The molecule has 8 rings (SSSR count). The molecule has 0 aliphatic heterocycles. The number of aromatic nitrogens is 2. The molecule has 0 radical (unpaired) electrons. The molecule has 0 atom stereocenters.